The van der Waals surface area contributed by atoms with Crippen LogP contribution in [-0.2, 0) is 9.84 Å². The number of benzene rings is 1. The van der Waals surface area contributed by atoms with E-state index in [0.29, 0.717) is 9.56 Å². The first kappa shape index (κ1) is 16.3. The van der Waals surface area contributed by atoms with Crippen LogP contribution in [0.15, 0.2) is 50.4 Å². The zero-order chi connectivity index (χ0) is 15.5. The maximum atomic E-state index is 11.7. The highest BCUT2D eigenvalue weighted by Gasteiger charge is 2.19. The molecule has 1 N–H and O–H groups in total. The molecule has 0 aliphatic heterocycles. The van der Waals surface area contributed by atoms with E-state index < -0.39 is 9.84 Å². The molecule has 1 aromatic heterocycles. The van der Waals surface area contributed by atoms with Crippen LogP contribution in [0.2, 0.25) is 0 Å². The molecular weight excluding hydrogens is 354 g/mol. The summed E-state index contributed by atoms with van der Waals surface area (Å²) in [6.45, 7) is 2.89. The van der Waals surface area contributed by atoms with Crippen molar-refractivity contribution < 1.29 is 12.8 Å². The normalized spacial score (nSPS) is 13.3. The Hall–Kier alpha value is -1.11. The fourth-order valence-electron chi connectivity index (χ4n) is 2.08. The number of sulfone groups is 1. The number of halogens is 1. The van der Waals surface area contributed by atoms with Gasteiger partial charge >= 0.3 is 0 Å². The van der Waals surface area contributed by atoms with Crippen LogP contribution in [0.5, 0.6) is 0 Å². The molecule has 1 aromatic carbocycles. The third-order valence-electron chi connectivity index (χ3n) is 3.10. The molecule has 0 fully saturated rings. The molecule has 2 aromatic rings. The van der Waals surface area contributed by atoms with Crippen molar-refractivity contribution in [3.05, 3.63) is 52.4 Å². The third kappa shape index (κ3) is 4.18. The van der Waals surface area contributed by atoms with E-state index in [1.54, 1.807) is 18.2 Å². The molecule has 0 spiro atoms. The van der Waals surface area contributed by atoms with Crippen LogP contribution in [0.3, 0.4) is 0 Å². The second kappa shape index (κ2) is 6.77. The lowest BCUT2D eigenvalue weighted by molar-refractivity contribution is 0.432. The summed E-state index contributed by atoms with van der Waals surface area (Å²) in [4.78, 5) is 0.314. The molecule has 0 amide bonds. The van der Waals surface area contributed by atoms with Gasteiger partial charge in [-0.3, -0.25) is 0 Å². The van der Waals surface area contributed by atoms with Gasteiger partial charge in [0.2, 0.25) is 0 Å². The van der Waals surface area contributed by atoms with Gasteiger partial charge in [-0.2, -0.15) is 0 Å². The molecule has 1 unspecified atom stereocenters. The van der Waals surface area contributed by atoms with Crippen LogP contribution in [0.1, 0.15) is 30.7 Å². The summed E-state index contributed by atoms with van der Waals surface area (Å²) < 4.78 is 29.7. The lowest BCUT2D eigenvalue weighted by atomic mass is 10.0. The summed E-state index contributed by atoms with van der Waals surface area (Å²) in [5.41, 5.74) is 0.869. The quantitative estimate of drug-likeness (QED) is 0.843. The number of rotatable bonds is 6. The Morgan fingerprint density at radius 1 is 1.29 bits per heavy atom. The largest absolute Gasteiger partial charge is 0.452 e. The van der Waals surface area contributed by atoms with Crippen LogP contribution in [-0.4, -0.2) is 21.2 Å². The van der Waals surface area contributed by atoms with Crippen molar-refractivity contribution in [3.8, 4) is 0 Å². The highest BCUT2D eigenvalue weighted by atomic mass is 79.9. The van der Waals surface area contributed by atoms with Gasteiger partial charge in [-0.1, -0.05) is 19.1 Å². The Balaban J connectivity index is 2.41. The maximum Gasteiger partial charge on any atom is 0.175 e. The smallest absolute Gasteiger partial charge is 0.175 e. The predicted molar refractivity (Wildman–Crippen MR) is 86.1 cm³/mol. The highest BCUT2D eigenvalue weighted by molar-refractivity contribution is 9.10. The predicted octanol–water partition coefficient (Wildman–Crippen LogP) is 3.53. The standard InChI is InChI=1S/C15H18BrNO3S/c1-3-9-17-15(13-7-8-14(16)20-13)11-5-4-6-12(10-11)21(2,18)19/h4-8,10,15,17H,3,9H2,1-2H3. The Bertz CT molecular complexity index is 709. The van der Waals surface area contributed by atoms with E-state index in [-0.39, 0.29) is 6.04 Å². The fraction of sp³-hybridized carbons (Fsp3) is 0.333. The van der Waals surface area contributed by atoms with Gasteiger partial charge in [0.1, 0.15) is 5.76 Å². The molecule has 0 bridgehead atoms. The molecule has 0 saturated carbocycles. The van der Waals surface area contributed by atoms with Crippen molar-refractivity contribution >= 4 is 25.8 Å². The van der Waals surface area contributed by atoms with Crippen LogP contribution in [0, 0.1) is 0 Å². The summed E-state index contributed by atoms with van der Waals surface area (Å²) in [6, 6.07) is 10.5. The summed E-state index contributed by atoms with van der Waals surface area (Å²) >= 11 is 3.30. The first-order valence-corrected chi connectivity index (χ1v) is 9.39. The van der Waals surface area contributed by atoms with Crippen LogP contribution in [0.4, 0.5) is 0 Å². The zero-order valence-corrected chi connectivity index (χ0v) is 14.4. The minimum absolute atomic E-state index is 0.169. The number of furan rings is 1. The van der Waals surface area contributed by atoms with Crippen molar-refractivity contribution in [2.45, 2.75) is 24.3 Å². The Morgan fingerprint density at radius 3 is 2.62 bits per heavy atom. The van der Waals surface area contributed by atoms with Crippen LogP contribution < -0.4 is 5.32 Å². The fourth-order valence-corrected chi connectivity index (χ4v) is 3.07. The molecule has 1 atom stereocenters. The SMILES string of the molecule is CCCNC(c1cccc(S(C)(=O)=O)c1)c1ccc(Br)o1. The average molecular weight is 372 g/mol. The van der Waals surface area contributed by atoms with Crippen molar-refractivity contribution in [1.29, 1.82) is 0 Å². The van der Waals surface area contributed by atoms with E-state index in [1.807, 2.05) is 18.2 Å². The molecule has 0 aliphatic rings. The summed E-state index contributed by atoms with van der Waals surface area (Å²) in [7, 11) is -3.22. The zero-order valence-electron chi connectivity index (χ0n) is 12.0. The lowest BCUT2D eigenvalue weighted by Gasteiger charge is -2.17. The van der Waals surface area contributed by atoms with E-state index in [4.69, 9.17) is 4.42 Å². The van der Waals surface area contributed by atoms with E-state index in [0.717, 1.165) is 24.3 Å². The van der Waals surface area contributed by atoms with Crippen LogP contribution >= 0.6 is 15.9 Å². The molecule has 0 aliphatic carbocycles. The molecular formula is C15H18BrNO3S. The number of hydrogen-bond acceptors (Lipinski definition) is 4. The van der Waals surface area contributed by atoms with Crippen LogP contribution in [0.25, 0.3) is 0 Å². The Kier molecular flexibility index (Phi) is 5.24. The Morgan fingerprint density at radius 2 is 2.05 bits per heavy atom. The van der Waals surface area contributed by atoms with Crippen molar-refractivity contribution in [2.24, 2.45) is 0 Å². The first-order chi connectivity index (χ1) is 9.91. The van der Waals surface area contributed by atoms with Gasteiger partial charge in [0.25, 0.3) is 0 Å². The van der Waals surface area contributed by atoms with E-state index in [9.17, 15) is 8.42 Å². The second-order valence-corrected chi connectivity index (χ2v) is 7.67. The average Bonchev–Trinajstić information content (AvgIpc) is 2.85. The molecule has 0 saturated heterocycles. The molecule has 0 radical (unpaired) electrons. The number of nitrogens with one attached hydrogen (secondary N) is 1. The van der Waals surface area contributed by atoms with E-state index in [1.165, 1.54) is 6.26 Å². The van der Waals surface area contributed by atoms with Gasteiger partial charge in [-0.25, -0.2) is 8.42 Å². The van der Waals surface area contributed by atoms with Gasteiger partial charge in [0, 0.05) is 6.26 Å². The van der Waals surface area contributed by atoms with Gasteiger partial charge in [-0.15, -0.1) is 0 Å². The minimum Gasteiger partial charge on any atom is -0.452 e. The molecule has 114 valence electrons. The first-order valence-electron chi connectivity index (χ1n) is 6.70. The summed E-state index contributed by atoms with van der Waals surface area (Å²) in [6.07, 6.45) is 2.19. The van der Waals surface area contributed by atoms with E-state index in [2.05, 4.69) is 28.2 Å². The molecule has 2 rings (SSSR count). The monoisotopic (exact) mass is 371 g/mol. The molecule has 4 nitrogen and oxygen atoms in total. The lowest BCUT2D eigenvalue weighted by Crippen LogP contribution is -2.23. The summed E-state index contributed by atoms with van der Waals surface area (Å²) in [5, 5.41) is 3.38. The molecule has 21 heavy (non-hydrogen) atoms. The van der Waals surface area contributed by atoms with Crippen molar-refractivity contribution in [3.63, 3.8) is 0 Å². The minimum atomic E-state index is -3.22. The third-order valence-corrected chi connectivity index (χ3v) is 4.63. The topological polar surface area (TPSA) is 59.3 Å². The van der Waals surface area contributed by atoms with Gasteiger partial charge in [0.05, 0.1) is 10.9 Å². The molecule has 1 heterocycles. The summed E-state index contributed by atoms with van der Waals surface area (Å²) in [5.74, 6) is 0.751. The Labute approximate surface area is 133 Å². The van der Waals surface area contributed by atoms with E-state index >= 15 is 0 Å². The highest BCUT2D eigenvalue weighted by Crippen LogP contribution is 2.27. The second-order valence-electron chi connectivity index (χ2n) is 4.87. The van der Waals surface area contributed by atoms with Gasteiger partial charge in [0.15, 0.2) is 14.5 Å². The van der Waals surface area contributed by atoms with Gasteiger partial charge in [-0.05, 0) is 58.7 Å². The molecule has 6 heteroatoms. The number of hydrogen-bond donors (Lipinski definition) is 1. The van der Waals surface area contributed by atoms with Gasteiger partial charge < -0.3 is 9.73 Å². The maximum absolute atomic E-state index is 11.7. The van der Waals surface area contributed by atoms with Crippen molar-refractivity contribution in [2.75, 3.05) is 12.8 Å². The van der Waals surface area contributed by atoms with Crippen molar-refractivity contribution in [1.82, 2.24) is 5.32 Å².